The summed E-state index contributed by atoms with van der Waals surface area (Å²) in [5.41, 5.74) is 9.62. The second-order valence-corrected chi connectivity index (χ2v) is 7.41. The smallest absolute Gasteiger partial charge is 0.292 e. The van der Waals surface area contributed by atoms with Crippen molar-refractivity contribution < 1.29 is 18.9 Å². The number of nitrogen functional groups attached to an aromatic ring is 1. The Balaban J connectivity index is 1.58. The number of nitrogens with one attached hydrogen (secondary N) is 1. The van der Waals surface area contributed by atoms with Gasteiger partial charge in [0.25, 0.3) is 5.91 Å². The highest BCUT2D eigenvalue weighted by atomic mass is 16.6. The molecule has 1 aliphatic heterocycles. The number of hydrazone groups is 1. The summed E-state index contributed by atoms with van der Waals surface area (Å²) in [4.78, 5) is 15.4. The summed E-state index contributed by atoms with van der Waals surface area (Å²) in [6.45, 7) is 2.32. The van der Waals surface area contributed by atoms with E-state index < -0.39 is 5.91 Å². The van der Waals surface area contributed by atoms with Gasteiger partial charge in [-0.15, -0.1) is 5.10 Å². The van der Waals surface area contributed by atoms with E-state index >= 15 is 0 Å². The number of amides is 1. The van der Waals surface area contributed by atoms with E-state index in [-0.39, 0.29) is 17.3 Å². The minimum absolute atomic E-state index is 0.00931. The van der Waals surface area contributed by atoms with Gasteiger partial charge in [-0.3, -0.25) is 9.69 Å². The van der Waals surface area contributed by atoms with Crippen molar-refractivity contribution in [3.63, 3.8) is 0 Å². The Hall–Kier alpha value is -4.00. The summed E-state index contributed by atoms with van der Waals surface area (Å²) in [6.07, 6.45) is 4.87. The number of carbonyl (C=O) groups excluding carboxylic acids is 1. The third kappa shape index (κ3) is 4.92. The number of hydrogen-bond donors (Lipinski definition) is 2. The van der Waals surface area contributed by atoms with E-state index in [1.807, 2.05) is 0 Å². The van der Waals surface area contributed by atoms with E-state index in [0.717, 1.165) is 25.9 Å². The van der Waals surface area contributed by atoms with Gasteiger partial charge in [-0.1, -0.05) is 11.6 Å². The first-order chi connectivity index (χ1) is 16.1. The summed E-state index contributed by atoms with van der Waals surface area (Å²) in [5, 5.41) is 19.7. The maximum atomic E-state index is 13.1. The Morgan fingerprint density at radius 3 is 2.76 bits per heavy atom. The molecule has 3 N–H and O–H groups in total. The number of hydrogen-bond acceptors (Lipinski definition) is 11. The SMILES string of the molecule is COc1ccc(C=NNC(=O)c2c(CN3CCCCC3)nnn2-c2nonc2N)c(OC)c1. The summed E-state index contributed by atoms with van der Waals surface area (Å²) < 4.78 is 16.4. The van der Waals surface area contributed by atoms with E-state index in [4.69, 9.17) is 15.2 Å². The largest absolute Gasteiger partial charge is 0.497 e. The van der Waals surface area contributed by atoms with Crippen LogP contribution in [0.15, 0.2) is 27.9 Å². The number of ether oxygens (including phenoxy) is 2. The second-order valence-electron chi connectivity index (χ2n) is 7.41. The Labute approximate surface area is 189 Å². The van der Waals surface area contributed by atoms with Gasteiger partial charge >= 0.3 is 0 Å². The molecule has 0 bridgehead atoms. The molecule has 4 rings (SSSR count). The molecule has 174 valence electrons. The molecule has 3 aromatic rings. The first kappa shape index (κ1) is 22.2. The summed E-state index contributed by atoms with van der Waals surface area (Å²) >= 11 is 0. The second kappa shape index (κ2) is 10.1. The summed E-state index contributed by atoms with van der Waals surface area (Å²) in [6, 6.07) is 5.25. The Kier molecular flexibility index (Phi) is 6.78. The minimum atomic E-state index is -0.530. The molecule has 0 aliphatic carbocycles. The molecule has 1 aromatic carbocycles. The van der Waals surface area contributed by atoms with Crippen LogP contribution in [-0.4, -0.2) is 69.6 Å². The Morgan fingerprint density at radius 2 is 2.06 bits per heavy atom. The van der Waals surface area contributed by atoms with Crippen LogP contribution >= 0.6 is 0 Å². The van der Waals surface area contributed by atoms with Crippen LogP contribution in [0.5, 0.6) is 11.5 Å². The summed E-state index contributed by atoms with van der Waals surface area (Å²) in [7, 11) is 3.11. The highest BCUT2D eigenvalue weighted by Gasteiger charge is 2.26. The first-order valence-electron chi connectivity index (χ1n) is 10.4. The minimum Gasteiger partial charge on any atom is -0.497 e. The molecular weight excluding hydrogens is 430 g/mol. The zero-order chi connectivity index (χ0) is 23.2. The molecule has 0 spiro atoms. The van der Waals surface area contributed by atoms with Gasteiger partial charge in [0.05, 0.1) is 20.4 Å². The quantitative estimate of drug-likeness (QED) is 0.370. The van der Waals surface area contributed by atoms with Gasteiger partial charge in [-0.25, -0.2) is 10.1 Å². The maximum Gasteiger partial charge on any atom is 0.292 e. The number of nitrogens with zero attached hydrogens (tertiary/aromatic N) is 7. The number of piperidine rings is 1. The van der Waals surface area contributed by atoms with Crippen LogP contribution in [0.3, 0.4) is 0 Å². The number of methoxy groups -OCH3 is 2. The lowest BCUT2D eigenvalue weighted by molar-refractivity contribution is 0.0944. The standard InChI is InChI=1S/C20H25N9O4/c1-31-14-7-6-13(16(10-14)32-2)11-22-24-20(30)17-15(12-28-8-4-3-5-9-28)23-27-29(17)19-18(21)25-33-26-19/h6-7,10-11H,3-5,8-9,12H2,1-2H3,(H2,21,25)(H,24,30). The maximum absolute atomic E-state index is 13.1. The van der Waals surface area contributed by atoms with Crippen molar-refractivity contribution in [1.82, 2.24) is 35.6 Å². The number of aromatic nitrogens is 5. The fourth-order valence-electron chi connectivity index (χ4n) is 3.60. The van der Waals surface area contributed by atoms with Crippen molar-refractivity contribution in [3.05, 3.63) is 35.2 Å². The van der Waals surface area contributed by atoms with E-state index in [2.05, 4.69) is 40.7 Å². The normalized spacial score (nSPS) is 14.5. The third-order valence-electron chi connectivity index (χ3n) is 5.28. The predicted molar refractivity (Wildman–Crippen MR) is 117 cm³/mol. The zero-order valence-corrected chi connectivity index (χ0v) is 18.4. The van der Waals surface area contributed by atoms with Crippen LogP contribution in [0.4, 0.5) is 5.82 Å². The van der Waals surface area contributed by atoms with Crippen molar-refractivity contribution >= 4 is 17.9 Å². The first-order valence-corrected chi connectivity index (χ1v) is 10.4. The average molecular weight is 455 g/mol. The molecule has 3 heterocycles. The number of rotatable bonds is 8. The van der Waals surface area contributed by atoms with Gasteiger partial charge in [0.2, 0.25) is 11.6 Å². The van der Waals surface area contributed by atoms with E-state index in [1.54, 1.807) is 25.3 Å². The molecule has 1 fully saturated rings. The number of likely N-dealkylation sites (tertiary alicyclic amines) is 1. The highest BCUT2D eigenvalue weighted by molar-refractivity contribution is 5.95. The molecule has 1 amide bonds. The van der Waals surface area contributed by atoms with E-state index in [0.29, 0.717) is 29.3 Å². The fourth-order valence-corrected chi connectivity index (χ4v) is 3.60. The van der Waals surface area contributed by atoms with Gasteiger partial charge in [0.1, 0.15) is 17.2 Å². The van der Waals surface area contributed by atoms with Crippen LogP contribution in [0.1, 0.15) is 41.0 Å². The molecule has 13 nitrogen and oxygen atoms in total. The Bertz CT molecular complexity index is 1130. The molecular formula is C20H25N9O4. The van der Waals surface area contributed by atoms with Crippen LogP contribution in [0, 0.1) is 0 Å². The van der Waals surface area contributed by atoms with E-state index in [1.165, 1.54) is 24.4 Å². The lowest BCUT2D eigenvalue weighted by Crippen LogP contribution is -2.31. The van der Waals surface area contributed by atoms with Crippen molar-refractivity contribution in [3.8, 4) is 17.3 Å². The van der Waals surface area contributed by atoms with Gasteiger partial charge in [-0.2, -0.15) is 9.78 Å². The van der Waals surface area contributed by atoms with Gasteiger partial charge in [0, 0.05) is 18.2 Å². The molecule has 0 saturated carbocycles. The van der Waals surface area contributed by atoms with Crippen LogP contribution in [-0.2, 0) is 6.54 Å². The third-order valence-corrected chi connectivity index (χ3v) is 5.28. The number of carbonyl (C=O) groups is 1. The molecule has 0 unspecified atom stereocenters. The average Bonchev–Trinajstić information content (AvgIpc) is 3.45. The van der Waals surface area contributed by atoms with Gasteiger partial charge < -0.3 is 15.2 Å². The van der Waals surface area contributed by atoms with Gasteiger partial charge in [-0.05, 0) is 48.4 Å². The number of anilines is 1. The van der Waals surface area contributed by atoms with Crippen LogP contribution < -0.4 is 20.6 Å². The van der Waals surface area contributed by atoms with Crippen molar-refractivity contribution in [2.45, 2.75) is 25.8 Å². The molecule has 1 saturated heterocycles. The van der Waals surface area contributed by atoms with Crippen molar-refractivity contribution in [2.24, 2.45) is 5.10 Å². The van der Waals surface area contributed by atoms with Gasteiger partial charge in [0.15, 0.2) is 5.69 Å². The molecule has 0 atom stereocenters. The Morgan fingerprint density at radius 1 is 1.24 bits per heavy atom. The topological polar surface area (TPSA) is 159 Å². The summed E-state index contributed by atoms with van der Waals surface area (Å²) in [5.74, 6) is 0.733. The molecule has 13 heteroatoms. The lowest BCUT2D eigenvalue weighted by atomic mass is 10.1. The monoisotopic (exact) mass is 455 g/mol. The van der Waals surface area contributed by atoms with Crippen molar-refractivity contribution in [1.29, 1.82) is 0 Å². The lowest BCUT2D eigenvalue weighted by Gasteiger charge is -2.25. The van der Waals surface area contributed by atoms with Crippen LogP contribution in [0.2, 0.25) is 0 Å². The zero-order valence-electron chi connectivity index (χ0n) is 18.4. The molecule has 1 aliphatic rings. The molecule has 0 radical (unpaired) electrons. The predicted octanol–water partition coefficient (Wildman–Crippen LogP) is 1.000. The fraction of sp³-hybridized carbons (Fsp3) is 0.400. The van der Waals surface area contributed by atoms with Crippen LogP contribution in [0.25, 0.3) is 5.82 Å². The van der Waals surface area contributed by atoms with E-state index in [9.17, 15) is 4.79 Å². The number of benzene rings is 1. The molecule has 2 aromatic heterocycles. The highest BCUT2D eigenvalue weighted by Crippen LogP contribution is 2.23. The van der Waals surface area contributed by atoms with Crippen molar-refractivity contribution in [2.75, 3.05) is 33.0 Å². The number of nitrogens with two attached hydrogens (primary N) is 1. The molecule has 33 heavy (non-hydrogen) atoms.